The molecule has 192 valence electrons. The average Bonchev–Trinajstić information content (AvgIpc) is 3.15. The highest BCUT2D eigenvalue weighted by atomic mass is 16.6. The van der Waals surface area contributed by atoms with Gasteiger partial charge in [-0.25, -0.2) is 0 Å². The summed E-state index contributed by atoms with van der Waals surface area (Å²) in [5.41, 5.74) is 2.51. The number of fused-ring (bicyclic) bond motifs is 1. The van der Waals surface area contributed by atoms with E-state index in [9.17, 15) is 14.7 Å². The molecule has 7 heteroatoms. The Morgan fingerprint density at radius 3 is 2.33 bits per heavy atom. The highest BCUT2D eigenvalue weighted by Gasteiger charge is 2.45. The molecule has 36 heavy (non-hydrogen) atoms. The van der Waals surface area contributed by atoms with Gasteiger partial charge in [-0.1, -0.05) is 52.0 Å². The summed E-state index contributed by atoms with van der Waals surface area (Å²) in [5, 5.41) is 11.4. The molecule has 2 aliphatic rings. The van der Waals surface area contributed by atoms with E-state index >= 15 is 0 Å². The molecule has 0 aliphatic carbocycles. The summed E-state index contributed by atoms with van der Waals surface area (Å²) in [7, 11) is 0. The number of Topliss-reactive ketones (excluding diaryl/α,β-unsaturated/α-hetero) is 1. The molecule has 0 spiro atoms. The second-order valence-electron chi connectivity index (χ2n) is 9.55. The zero-order chi connectivity index (χ0) is 25.8. The Morgan fingerprint density at radius 2 is 1.69 bits per heavy atom. The van der Waals surface area contributed by atoms with Crippen LogP contribution in [0.1, 0.15) is 62.8 Å². The lowest BCUT2D eigenvalue weighted by Crippen LogP contribution is -2.33. The Balaban J connectivity index is 1.74. The van der Waals surface area contributed by atoms with E-state index in [1.807, 2.05) is 24.3 Å². The van der Waals surface area contributed by atoms with E-state index in [2.05, 4.69) is 32.6 Å². The van der Waals surface area contributed by atoms with Crippen molar-refractivity contribution < 1.29 is 24.2 Å². The number of ether oxygens (including phenoxy) is 2. The lowest BCUT2D eigenvalue weighted by molar-refractivity contribution is -0.140. The van der Waals surface area contributed by atoms with Gasteiger partial charge in [0.2, 0.25) is 0 Å². The molecule has 2 aliphatic heterocycles. The summed E-state index contributed by atoms with van der Waals surface area (Å²) in [6.07, 6.45) is 0.735. The van der Waals surface area contributed by atoms with Crippen LogP contribution in [0.2, 0.25) is 0 Å². The molecule has 1 amide bonds. The minimum Gasteiger partial charge on any atom is -0.507 e. The van der Waals surface area contributed by atoms with Crippen LogP contribution in [0.5, 0.6) is 11.5 Å². The third-order valence-corrected chi connectivity index (χ3v) is 7.04. The number of hydrogen-bond donors (Lipinski definition) is 1. The van der Waals surface area contributed by atoms with Crippen molar-refractivity contribution in [2.24, 2.45) is 0 Å². The molecule has 0 aromatic heterocycles. The third-order valence-electron chi connectivity index (χ3n) is 7.04. The Hall–Kier alpha value is -3.32. The topological polar surface area (TPSA) is 79.3 Å². The molecule has 1 fully saturated rings. The van der Waals surface area contributed by atoms with Crippen molar-refractivity contribution in [2.75, 3.05) is 39.4 Å². The van der Waals surface area contributed by atoms with Gasteiger partial charge in [0.05, 0.1) is 11.6 Å². The van der Waals surface area contributed by atoms with Gasteiger partial charge in [0, 0.05) is 12.1 Å². The number of aliphatic hydroxyl groups is 1. The zero-order valence-corrected chi connectivity index (χ0v) is 21.6. The van der Waals surface area contributed by atoms with Crippen LogP contribution in [-0.4, -0.2) is 66.0 Å². The molecule has 0 saturated carbocycles. The fourth-order valence-electron chi connectivity index (χ4n) is 4.87. The maximum Gasteiger partial charge on any atom is 0.295 e. The van der Waals surface area contributed by atoms with Gasteiger partial charge < -0.3 is 24.4 Å². The van der Waals surface area contributed by atoms with Gasteiger partial charge in [-0.3, -0.25) is 9.59 Å². The highest BCUT2D eigenvalue weighted by Crippen LogP contribution is 2.41. The Bertz CT molecular complexity index is 1130. The van der Waals surface area contributed by atoms with Crippen molar-refractivity contribution in [3.05, 3.63) is 64.7 Å². The predicted octanol–water partition coefficient (Wildman–Crippen LogP) is 4.73. The quantitative estimate of drug-likeness (QED) is 0.310. The maximum absolute atomic E-state index is 13.3. The molecule has 0 unspecified atom stereocenters. The van der Waals surface area contributed by atoms with Gasteiger partial charge >= 0.3 is 0 Å². The van der Waals surface area contributed by atoms with E-state index in [4.69, 9.17) is 9.47 Å². The summed E-state index contributed by atoms with van der Waals surface area (Å²) in [4.78, 5) is 30.4. The normalized spacial score (nSPS) is 18.9. The number of hydrogen-bond acceptors (Lipinski definition) is 6. The molecular weight excluding hydrogens is 456 g/mol. The van der Waals surface area contributed by atoms with Crippen LogP contribution in [0.4, 0.5) is 0 Å². The SMILES string of the molecule is CCN(CC)CCCN1C(=O)C(=O)C(=C(O)c2ccc3c(c2)OCCO3)[C@@H]1c1ccc(C(C)C)cc1. The summed E-state index contributed by atoms with van der Waals surface area (Å²) >= 11 is 0. The number of amides is 1. The molecule has 4 rings (SSSR count). The number of carbonyl (C=O) groups excluding carboxylic acids is 2. The standard InChI is InChI=1S/C29H36N2O5/c1-5-30(6-2)14-7-15-31-26(21-10-8-20(9-11-21)19(3)4)25(28(33)29(31)34)27(32)22-12-13-23-24(18-22)36-17-16-35-23/h8-13,18-19,26,32H,5-7,14-17H2,1-4H3/t26-/m0/s1. The smallest absolute Gasteiger partial charge is 0.295 e. The predicted molar refractivity (Wildman–Crippen MR) is 139 cm³/mol. The first-order valence-electron chi connectivity index (χ1n) is 12.9. The zero-order valence-electron chi connectivity index (χ0n) is 21.6. The largest absolute Gasteiger partial charge is 0.507 e. The van der Waals surface area contributed by atoms with E-state index in [-0.39, 0.29) is 11.3 Å². The Labute approximate surface area is 213 Å². The number of benzene rings is 2. The molecule has 2 aromatic rings. The van der Waals surface area contributed by atoms with E-state index in [1.165, 1.54) is 5.56 Å². The van der Waals surface area contributed by atoms with Crippen molar-refractivity contribution in [3.63, 3.8) is 0 Å². The molecule has 7 nitrogen and oxygen atoms in total. The first kappa shape index (κ1) is 25.8. The van der Waals surface area contributed by atoms with E-state index < -0.39 is 17.7 Å². The average molecular weight is 493 g/mol. The van der Waals surface area contributed by atoms with Gasteiger partial charge in [0.15, 0.2) is 11.5 Å². The van der Waals surface area contributed by atoms with Crippen molar-refractivity contribution in [3.8, 4) is 11.5 Å². The first-order valence-corrected chi connectivity index (χ1v) is 12.9. The number of rotatable bonds is 9. The number of aliphatic hydroxyl groups excluding tert-OH is 1. The van der Waals surface area contributed by atoms with Crippen LogP contribution in [0, 0.1) is 0 Å². The number of ketones is 1. The summed E-state index contributed by atoms with van der Waals surface area (Å²) < 4.78 is 11.2. The molecule has 2 heterocycles. The van der Waals surface area contributed by atoms with Gasteiger partial charge in [0.1, 0.15) is 19.0 Å². The number of nitrogens with zero attached hydrogens (tertiary/aromatic N) is 2. The summed E-state index contributed by atoms with van der Waals surface area (Å²) in [5.74, 6) is 0.0218. The molecule has 1 saturated heterocycles. The Kier molecular flexibility index (Phi) is 7.99. The van der Waals surface area contributed by atoms with Crippen molar-refractivity contribution in [2.45, 2.75) is 46.1 Å². The van der Waals surface area contributed by atoms with Crippen LogP contribution >= 0.6 is 0 Å². The van der Waals surface area contributed by atoms with Gasteiger partial charge in [0.25, 0.3) is 11.7 Å². The minimum atomic E-state index is -0.664. The first-order chi connectivity index (χ1) is 17.3. The maximum atomic E-state index is 13.3. The summed E-state index contributed by atoms with van der Waals surface area (Å²) in [6.45, 7) is 12.5. The van der Waals surface area contributed by atoms with Crippen molar-refractivity contribution >= 4 is 17.4 Å². The monoisotopic (exact) mass is 492 g/mol. The van der Waals surface area contributed by atoms with Crippen LogP contribution in [0.25, 0.3) is 5.76 Å². The lowest BCUT2D eigenvalue weighted by Gasteiger charge is -2.27. The molecule has 0 bridgehead atoms. The highest BCUT2D eigenvalue weighted by molar-refractivity contribution is 6.46. The summed E-state index contributed by atoms with van der Waals surface area (Å²) in [6, 6.07) is 12.4. The second kappa shape index (κ2) is 11.2. The lowest BCUT2D eigenvalue weighted by atomic mass is 9.93. The fourth-order valence-corrected chi connectivity index (χ4v) is 4.87. The third kappa shape index (κ3) is 5.12. The van der Waals surface area contributed by atoms with Crippen LogP contribution in [0.15, 0.2) is 48.0 Å². The van der Waals surface area contributed by atoms with Crippen LogP contribution in [0.3, 0.4) is 0 Å². The van der Waals surface area contributed by atoms with E-state index in [1.54, 1.807) is 23.1 Å². The molecule has 0 radical (unpaired) electrons. The van der Waals surface area contributed by atoms with E-state index in [0.717, 1.165) is 31.6 Å². The van der Waals surface area contributed by atoms with E-state index in [0.29, 0.717) is 42.7 Å². The number of likely N-dealkylation sites (tertiary alicyclic amines) is 1. The molecule has 1 atom stereocenters. The van der Waals surface area contributed by atoms with Gasteiger partial charge in [-0.15, -0.1) is 0 Å². The number of carbonyl (C=O) groups is 2. The molecular formula is C29H36N2O5. The van der Waals surface area contributed by atoms with Crippen LogP contribution < -0.4 is 9.47 Å². The second-order valence-corrected chi connectivity index (χ2v) is 9.55. The molecule has 1 N–H and O–H groups in total. The van der Waals surface area contributed by atoms with Gasteiger partial charge in [-0.2, -0.15) is 0 Å². The van der Waals surface area contributed by atoms with Crippen molar-refractivity contribution in [1.82, 2.24) is 9.80 Å². The van der Waals surface area contributed by atoms with Crippen molar-refractivity contribution in [1.29, 1.82) is 0 Å². The fraction of sp³-hybridized carbons (Fsp3) is 0.448. The van der Waals surface area contributed by atoms with Crippen LogP contribution in [-0.2, 0) is 9.59 Å². The molecule has 2 aromatic carbocycles. The Morgan fingerprint density at radius 1 is 1.03 bits per heavy atom. The van der Waals surface area contributed by atoms with Gasteiger partial charge in [-0.05, 0) is 61.3 Å². The minimum absolute atomic E-state index is 0.108.